The van der Waals surface area contributed by atoms with E-state index in [2.05, 4.69) is 25.5 Å². The number of hydrogen-bond donors (Lipinski definition) is 2. The summed E-state index contributed by atoms with van der Waals surface area (Å²) in [6.45, 7) is 11.6. The van der Waals surface area contributed by atoms with E-state index in [1.54, 1.807) is 32.3 Å². The molecule has 1 saturated heterocycles. The van der Waals surface area contributed by atoms with Gasteiger partial charge in [-0.3, -0.25) is 14.2 Å². The number of carbonyl (C=O) groups is 1. The third-order valence-corrected chi connectivity index (χ3v) is 5.89. The molecule has 2 N–H and O–H groups in total. The monoisotopic (exact) mass is 548 g/mol. The van der Waals surface area contributed by atoms with Crippen LogP contribution in [0.5, 0.6) is 5.75 Å². The van der Waals surface area contributed by atoms with Crippen molar-refractivity contribution in [2.45, 2.75) is 59.9 Å². The number of carbonyl (C=O) groups excluding carboxylic acids is 1. The number of nitrogens with one attached hydrogen (secondary N) is 2. The fourth-order valence-electron chi connectivity index (χ4n) is 4.06. The van der Waals surface area contributed by atoms with Crippen LogP contribution in [0.15, 0.2) is 29.2 Å². The molecular formula is C27H38ClFN6O3. The standard InChI is InChI=1S/C23H27ClFN5O2.C2H5NO.C2H6/c1-4-32-19-11-15-10-16(12-18(25)20(15)30(14(2)3)22(19)31)27-21-17(24)13-26-23(28-21)29-8-6-5-7-9-29;1-3-2-4;1-2/h10-14H,4-9H2,1-3H3,(H,26,27,28);2H,1H3,(H,3,4);1-2H3. The minimum absolute atomic E-state index is 0.192. The first-order valence-corrected chi connectivity index (χ1v) is 13.4. The molecule has 208 valence electrons. The van der Waals surface area contributed by atoms with E-state index in [1.807, 2.05) is 27.7 Å². The van der Waals surface area contributed by atoms with Gasteiger partial charge in [0.15, 0.2) is 11.6 Å². The van der Waals surface area contributed by atoms with Crippen LogP contribution in [-0.2, 0) is 4.79 Å². The molecule has 38 heavy (non-hydrogen) atoms. The van der Waals surface area contributed by atoms with E-state index in [9.17, 15) is 4.79 Å². The molecular weight excluding hydrogens is 511 g/mol. The van der Waals surface area contributed by atoms with Gasteiger partial charge in [0.1, 0.15) is 10.8 Å². The highest BCUT2D eigenvalue weighted by atomic mass is 35.5. The SMILES string of the molecule is CC.CCOc1cc2cc(Nc3nc(N4CCCCC4)ncc3Cl)cc(F)c2n(C(C)C)c1=O.CNC=O. The molecule has 9 nitrogen and oxygen atoms in total. The molecule has 2 aromatic heterocycles. The summed E-state index contributed by atoms with van der Waals surface area (Å²) in [5.41, 5.74) is 0.359. The molecule has 1 aliphatic rings. The van der Waals surface area contributed by atoms with Crippen molar-refractivity contribution in [2.75, 3.05) is 37.0 Å². The number of halogens is 2. The number of anilines is 3. The third kappa shape index (κ3) is 7.56. The van der Waals surface area contributed by atoms with Gasteiger partial charge in [0.05, 0.1) is 18.3 Å². The molecule has 1 amide bonds. The number of fused-ring (bicyclic) bond motifs is 1. The summed E-state index contributed by atoms with van der Waals surface area (Å²) in [5, 5.41) is 6.26. The van der Waals surface area contributed by atoms with Crippen molar-refractivity contribution in [3.8, 4) is 5.75 Å². The smallest absolute Gasteiger partial charge is 0.293 e. The fourth-order valence-corrected chi connectivity index (χ4v) is 4.20. The highest BCUT2D eigenvalue weighted by molar-refractivity contribution is 6.32. The number of piperidine rings is 1. The van der Waals surface area contributed by atoms with Gasteiger partial charge in [0.25, 0.3) is 5.56 Å². The van der Waals surface area contributed by atoms with Gasteiger partial charge in [-0.05, 0) is 58.2 Å². The molecule has 0 atom stereocenters. The molecule has 0 bridgehead atoms. The number of hydrogen-bond acceptors (Lipinski definition) is 7. The Morgan fingerprint density at radius 3 is 2.42 bits per heavy atom. The van der Waals surface area contributed by atoms with Gasteiger partial charge in [-0.15, -0.1) is 0 Å². The molecule has 0 unspecified atom stereocenters. The average Bonchev–Trinajstić information content (AvgIpc) is 2.92. The first kappa shape index (κ1) is 30.8. The highest BCUT2D eigenvalue weighted by Gasteiger charge is 2.19. The van der Waals surface area contributed by atoms with E-state index >= 15 is 4.39 Å². The largest absolute Gasteiger partial charge is 0.488 e. The molecule has 1 aliphatic heterocycles. The molecule has 0 radical (unpaired) electrons. The van der Waals surface area contributed by atoms with Gasteiger partial charge >= 0.3 is 0 Å². The van der Waals surface area contributed by atoms with Gasteiger partial charge in [-0.1, -0.05) is 25.4 Å². The number of pyridine rings is 1. The van der Waals surface area contributed by atoms with E-state index in [1.165, 1.54) is 17.1 Å². The van der Waals surface area contributed by atoms with Gasteiger partial charge in [0.2, 0.25) is 12.4 Å². The molecule has 0 aliphatic carbocycles. The molecule has 0 saturated carbocycles. The van der Waals surface area contributed by atoms with Crippen molar-refractivity contribution in [1.29, 1.82) is 0 Å². The Hall–Kier alpha value is -3.40. The van der Waals surface area contributed by atoms with E-state index in [0.29, 0.717) is 40.9 Å². The predicted octanol–water partition coefficient (Wildman–Crippen LogP) is 5.69. The summed E-state index contributed by atoms with van der Waals surface area (Å²) in [6.07, 6.45) is 5.59. The van der Waals surface area contributed by atoms with Gasteiger partial charge in [-0.2, -0.15) is 4.98 Å². The maximum absolute atomic E-state index is 15.2. The van der Waals surface area contributed by atoms with E-state index in [-0.39, 0.29) is 22.9 Å². The summed E-state index contributed by atoms with van der Waals surface area (Å²) in [4.78, 5) is 32.9. The van der Waals surface area contributed by atoms with Crippen LogP contribution in [-0.4, -0.2) is 47.7 Å². The summed E-state index contributed by atoms with van der Waals surface area (Å²) < 4.78 is 22.2. The van der Waals surface area contributed by atoms with Crippen LogP contribution in [0.3, 0.4) is 0 Å². The van der Waals surface area contributed by atoms with Crippen molar-refractivity contribution < 1.29 is 13.9 Å². The molecule has 4 rings (SSSR count). The van der Waals surface area contributed by atoms with Crippen molar-refractivity contribution in [2.24, 2.45) is 0 Å². The first-order valence-electron chi connectivity index (χ1n) is 13.0. The van der Waals surface area contributed by atoms with Crippen molar-refractivity contribution in [3.05, 3.63) is 45.6 Å². The molecule has 3 heterocycles. The Bertz CT molecular complexity index is 1260. The lowest BCUT2D eigenvalue weighted by Gasteiger charge is -2.27. The Kier molecular flexibility index (Phi) is 12.3. The van der Waals surface area contributed by atoms with Crippen molar-refractivity contribution in [3.63, 3.8) is 0 Å². The maximum atomic E-state index is 15.2. The van der Waals surface area contributed by atoms with Crippen molar-refractivity contribution >= 4 is 46.4 Å². The Labute approximate surface area is 228 Å². The lowest BCUT2D eigenvalue weighted by molar-refractivity contribution is -0.109. The van der Waals surface area contributed by atoms with Gasteiger partial charge in [-0.25, -0.2) is 9.37 Å². The Morgan fingerprint density at radius 1 is 1.18 bits per heavy atom. The summed E-state index contributed by atoms with van der Waals surface area (Å²) in [5.74, 6) is 0.686. The molecule has 3 aromatic rings. The second kappa shape index (κ2) is 15.1. The summed E-state index contributed by atoms with van der Waals surface area (Å²) in [7, 11) is 1.56. The van der Waals surface area contributed by atoms with Crippen LogP contribution in [0.4, 0.5) is 21.8 Å². The fraction of sp³-hybridized carbons (Fsp3) is 0.481. The maximum Gasteiger partial charge on any atom is 0.293 e. The minimum Gasteiger partial charge on any atom is -0.488 e. The quantitative estimate of drug-likeness (QED) is 0.366. The Balaban J connectivity index is 0.000000773. The van der Waals surface area contributed by atoms with Crippen LogP contribution < -0.4 is 25.8 Å². The topological polar surface area (TPSA) is 101 Å². The van der Waals surface area contributed by atoms with Crippen LogP contribution in [0.1, 0.15) is 59.9 Å². The second-order valence-electron chi connectivity index (χ2n) is 8.55. The van der Waals surface area contributed by atoms with Crippen LogP contribution >= 0.6 is 11.6 Å². The zero-order valence-electron chi connectivity index (χ0n) is 23.0. The van der Waals surface area contributed by atoms with Crippen LogP contribution in [0.2, 0.25) is 5.02 Å². The third-order valence-electron chi connectivity index (χ3n) is 5.62. The van der Waals surface area contributed by atoms with Crippen LogP contribution in [0.25, 0.3) is 10.9 Å². The van der Waals surface area contributed by atoms with Gasteiger partial charge < -0.3 is 20.3 Å². The van der Waals surface area contributed by atoms with E-state index < -0.39 is 5.82 Å². The molecule has 0 spiro atoms. The summed E-state index contributed by atoms with van der Waals surface area (Å²) in [6, 6.07) is 4.45. The second-order valence-corrected chi connectivity index (χ2v) is 8.96. The zero-order valence-corrected chi connectivity index (χ0v) is 23.7. The number of benzene rings is 1. The Morgan fingerprint density at radius 2 is 1.84 bits per heavy atom. The minimum atomic E-state index is -0.514. The van der Waals surface area contributed by atoms with Crippen LogP contribution in [0, 0.1) is 5.82 Å². The average molecular weight is 549 g/mol. The van der Waals surface area contributed by atoms with E-state index in [4.69, 9.17) is 21.1 Å². The van der Waals surface area contributed by atoms with Gasteiger partial charge in [0, 0.05) is 37.3 Å². The first-order chi connectivity index (χ1) is 18.3. The number of rotatable bonds is 7. The number of ether oxygens (including phenoxy) is 1. The number of amides is 1. The highest BCUT2D eigenvalue weighted by Crippen LogP contribution is 2.30. The molecule has 1 aromatic carbocycles. The van der Waals surface area contributed by atoms with E-state index in [0.717, 1.165) is 25.9 Å². The predicted molar refractivity (Wildman–Crippen MR) is 153 cm³/mol. The summed E-state index contributed by atoms with van der Waals surface area (Å²) >= 11 is 6.33. The molecule has 11 heteroatoms. The number of aromatic nitrogens is 3. The zero-order chi connectivity index (χ0) is 28.2. The normalized spacial score (nSPS) is 12.7. The lowest BCUT2D eigenvalue weighted by Crippen LogP contribution is -2.31. The van der Waals surface area contributed by atoms with Crippen molar-refractivity contribution in [1.82, 2.24) is 19.9 Å². The number of nitrogens with zero attached hydrogens (tertiary/aromatic N) is 4. The lowest BCUT2D eigenvalue weighted by atomic mass is 10.1. The molecule has 1 fully saturated rings.